The van der Waals surface area contributed by atoms with Gasteiger partial charge in [-0.15, -0.1) is 0 Å². The fourth-order valence-corrected chi connectivity index (χ4v) is 3.43. The Kier molecular flexibility index (Phi) is 3.40. The molecule has 0 aromatic heterocycles. The molecule has 102 valence electrons. The zero-order chi connectivity index (χ0) is 14.1. The van der Waals surface area contributed by atoms with Crippen molar-refractivity contribution >= 4 is 29.9 Å². The molecule has 1 aliphatic rings. The fourth-order valence-electron chi connectivity index (χ4n) is 2.33. The van der Waals surface area contributed by atoms with Gasteiger partial charge in [-0.2, -0.15) is 0 Å². The Morgan fingerprint density at radius 1 is 1.10 bits per heavy atom. The van der Waals surface area contributed by atoms with Crippen LogP contribution in [-0.2, 0) is 0 Å². The number of nitrogens with zero attached hydrogens (tertiary/aromatic N) is 2. The number of para-hydroxylation sites is 2. The van der Waals surface area contributed by atoms with Crippen LogP contribution in [0, 0.1) is 5.21 Å². The van der Waals surface area contributed by atoms with Gasteiger partial charge in [0.1, 0.15) is 6.72 Å². The molecule has 1 unspecified atom stereocenters. The summed E-state index contributed by atoms with van der Waals surface area (Å²) < 4.78 is 0.771. The van der Waals surface area contributed by atoms with E-state index in [-0.39, 0.29) is 6.04 Å². The SMILES string of the molecule is C=[N+]([O-])C(C)CN1c2ccccc2Sc2ccccc21. The van der Waals surface area contributed by atoms with E-state index in [0.717, 1.165) is 16.1 Å². The Hall–Kier alpha value is -1.94. The summed E-state index contributed by atoms with van der Waals surface area (Å²) in [5, 5.41) is 11.4. The first-order valence-electron chi connectivity index (χ1n) is 6.57. The molecule has 0 N–H and O–H groups in total. The molecule has 3 nitrogen and oxygen atoms in total. The third-order valence-electron chi connectivity index (χ3n) is 3.47. The number of hydrogen-bond donors (Lipinski definition) is 0. The van der Waals surface area contributed by atoms with Gasteiger partial charge in [0.2, 0.25) is 0 Å². The second-order valence-corrected chi connectivity index (χ2v) is 6.00. The Balaban J connectivity index is 2.05. The molecule has 0 amide bonds. The van der Waals surface area contributed by atoms with Crippen LogP contribution >= 0.6 is 11.8 Å². The molecule has 4 heteroatoms. The van der Waals surface area contributed by atoms with E-state index in [4.69, 9.17) is 0 Å². The Morgan fingerprint density at radius 2 is 1.60 bits per heavy atom. The van der Waals surface area contributed by atoms with E-state index >= 15 is 0 Å². The molecule has 1 heterocycles. The molecule has 0 saturated heterocycles. The molecule has 0 saturated carbocycles. The van der Waals surface area contributed by atoms with E-state index in [1.54, 1.807) is 11.8 Å². The van der Waals surface area contributed by atoms with E-state index < -0.39 is 0 Å². The van der Waals surface area contributed by atoms with Crippen molar-refractivity contribution in [3.8, 4) is 0 Å². The lowest BCUT2D eigenvalue weighted by atomic mass is 10.2. The van der Waals surface area contributed by atoms with Crippen molar-refractivity contribution in [2.24, 2.45) is 0 Å². The van der Waals surface area contributed by atoms with E-state index in [2.05, 4.69) is 35.9 Å². The smallest absolute Gasteiger partial charge is 0.177 e. The summed E-state index contributed by atoms with van der Waals surface area (Å²) in [6, 6.07) is 16.4. The molecule has 0 spiro atoms. The third kappa shape index (κ3) is 2.27. The van der Waals surface area contributed by atoms with Gasteiger partial charge >= 0.3 is 0 Å². The van der Waals surface area contributed by atoms with Crippen LogP contribution in [0.25, 0.3) is 0 Å². The second-order valence-electron chi connectivity index (χ2n) is 4.91. The van der Waals surface area contributed by atoms with Gasteiger partial charge in [0.25, 0.3) is 0 Å². The lowest BCUT2D eigenvalue weighted by Crippen LogP contribution is -2.33. The lowest BCUT2D eigenvalue weighted by Gasteiger charge is -2.33. The minimum Gasteiger partial charge on any atom is -0.624 e. The van der Waals surface area contributed by atoms with Crippen molar-refractivity contribution in [1.29, 1.82) is 0 Å². The number of hydroxylamine groups is 1. The topological polar surface area (TPSA) is 29.3 Å². The summed E-state index contributed by atoms with van der Waals surface area (Å²) in [4.78, 5) is 4.65. The van der Waals surface area contributed by atoms with Crippen molar-refractivity contribution in [2.75, 3.05) is 11.4 Å². The van der Waals surface area contributed by atoms with Gasteiger partial charge in [-0.1, -0.05) is 36.0 Å². The highest BCUT2D eigenvalue weighted by molar-refractivity contribution is 7.99. The quantitative estimate of drug-likeness (QED) is 0.370. The normalized spacial score (nSPS) is 14.3. The molecule has 0 fully saturated rings. The average molecular weight is 284 g/mol. The van der Waals surface area contributed by atoms with Crippen molar-refractivity contribution in [2.45, 2.75) is 22.8 Å². The maximum Gasteiger partial charge on any atom is 0.177 e. The first-order valence-corrected chi connectivity index (χ1v) is 7.39. The maximum atomic E-state index is 11.4. The summed E-state index contributed by atoms with van der Waals surface area (Å²) in [5.74, 6) is 0. The monoisotopic (exact) mass is 284 g/mol. The van der Waals surface area contributed by atoms with Crippen LogP contribution in [0.5, 0.6) is 0 Å². The lowest BCUT2D eigenvalue weighted by molar-refractivity contribution is -0.484. The molecule has 0 aliphatic carbocycles. The van der Waals surface area contributed by atoms with Gasteiger partial charge in [-0.25, -0.2) is 4.74 Å². The minimum atomic E-state index is -0.167. The van der Waals surface area contributed by atoms with Gasteiger partial charge in [0.15, 0.2) is 6.04 Å². The standard InChI is InChI=1S/C16H16N2OS/c1-12(17(2)19)11-18-13-7-3-5-9-15(13)20-16-10-6-4-8-14(16)18/h3-10,12H,2,11H2,1H3. The highest BCUT2D eigenvalue weighted by Crippen LogP contribution is 2.47. The number of anilines is 2. The number of hydrogen-bond acceptors (Lipinski definition) is 3. The van der Waals surface area contributed by atoms with Crippen molar-refractivity contribution in [1.82, 2.24) is 0 Å². The van der Waals surface area contributed by atoms with Gasteiger partial charge < -0.3 is 10.1 Å². The predicted molar refractivity (Wildman–Crippen MR) is 84.2 cm³/mol. The van der Waals surface area contributed by atoms with Gasteiger partial charge in [-0.3, -0.25) is 0 Å². The average Bonchev–Trinajstić information content (AvgIpc) is 2.46. The molecular formula is C16H16N2OS. The first-order chi connectivity index (χ1) is 9.66. The van der Waals surface area contributed by atoms with Crippen LogP contribution in [-0.4, -0.2) is 24.0 Å². The molecule has 2 aromatic carbocycles. The van der Waals surface area contributed by atoms with Crippen molar-refractivity contribution < 1.29 is 4.74 Å². The predicted octanol–water partition coefficient (Wildman–Crippen LogP) is 3.89. The zero-order valence-electron chi connectivity index (χ0n) is 11.3. The Bertz CT molecular complexity index is 611. The Labute approximate surface area is 123 Å². The molecule has 2 aromatic rings. The number of rotatable bonds is 3. The van der Waals surface area contributed by atoms with Crippen molar-refractivity contribution in [3.05, 3.63) is 53.7 Å². The fraction of sp³-hybridized carbons (Fsp3) is 0.188. The van der Waals surface area contributed by atoms with Crippen LogP contribution in [0.2, 0.25) is 0 Å². The van der Waals surface area contributed by atoms with E-state index in [1.165, 1.54) is 9.79 Å². The zero-order valence-corrected chi connectivity index (χ0v) is 12.1. The minimum absolute atomic E-state index is 0.167. The van der Waals surface area contributed by atoms with Crippen LogP contribution in [0.4, 0.5) is 11.4 Å². The Morgan fingerprint density at radius 3 is 2.10 bits per heavy atom. The molecule has 0 radical (unpaired) electrons. The summed E-state index contributed by atoms with van der Waals surface area (Å²) in [5.41, 5.74) is 2.31. The van der Waals surface area contributed by atoms with E-state index in [1.807, 2.05) is 31.2 Å². The summed E-state index contributed by atoms with van der Waals surface area (Å²) >= 11 is 1.77. The number of benzene rings is 2. The largest absolute Gasteiger partial charge is 0.624 e. The van der Waals surface area contributed by atoms with Crippen LogP contribution in [0.3, 0.4) is 0 Å². The summed E-state index contributed by atoms with van der Waals surface area (Å²) in [7, 11) is 0. The highest BCUT2D eigenvalue weighted by atomic mass is 32.2. The molecular weight excluding hydrogens is 268 g/mol. The summed E-state index contributed by atoms with van der Waals surface area (Å²) in [6.45, 7) is 5.98. The molecule has 3 rings (SSSR count). The van der Waals surface area contributed by atoms with Crippen LogP contribution < -0.4 is 4.90 Å². The molecule has 0 bridgehead atoms. The van der Waals surface area contributed by atoms with E-state index in [0.29, 0.717) is 6.54 Å². The van der Waals surface area contributed by atoms with Gasteiger partial charge in [-0.05, 0) is 24.3 Å². The molecule has 20 heavy (non-hydrogen) atoms. The first kappa shape index (κ1) is 13.1. The summed E-state index contributed by atoms with van der Waals surface area (Å²) in [6.07, 6.45) is 0. The van der Waals surface area contributed by atoms with Gasteiger partial charge in [0.05, 0.1) is 17.9 Å². The van der Waals surface area contributed by atoms with Crippen LogP contribution in [0.1, 0.15) is 6.92 Å². The number of fused-ring (bicyclic) bond motifs is 2. The highest BCUT2D eigenvalue weighted by Gasteiger charge is 2.25. The maximum absolute atomic E-state index is 11.4. The van der Waals surface area contributed by atoms with Crippen LogP contribution in [0.15, 0.2) is 58.3 Å². The molecule has 1 atom stereocenters. The van der Waals surface area contributed by atoms with E-state index in [9.17, 15) is 5.21 Å². The molecule has 1 aliphatic heterocycles. The van der Waals surface area contributed by atoms with Gasteiger partial charge in [0, 0.05) is 16.7 Å². The second kappa shape index (κ2) is 5.21. The third-order valence-corrected chi connectivity index (χ3v) is 4.60. The van der Waals surface area contributed by atoms with Crippen molar-refractivity contribution in [3.63, 3.8) is 0 Å².